The predicted octanol–water partition coefficient (Wildman–Crippen LogP) is 3.95. The van der Waals surface area contributed by atoms with E-state index in [1.807, 2.05) is 32.0 Å². The van der Waals surface area contributed by atoms with Crippen molar-refractivity contribution >= 4 is 23.3 Å². The molecule has 1 fully saturated rings. The normalized spacial score (nSPS) is 16.1. The second-order valence-corrected chi connectivity index (χ2v) is 6.75. The van der Waals surface area contributed by atoms with E-state index in [0.717, 1.165) is 29.0 Å². The average Bonchev–Trinajstić information content (AvgIpc) is 3.16. The molecule has 0 unspecified atom stereocenters. The number of nitrogens with one attached hydrogen (secondary N) is 2. The van der Waals surface area contributed by atoms with Crippen LogP contribution in [-0.2, 0) is 4.79 Å². The fourth-order valence-electron chi connectivity index (χ4n) is 3.25. The van der Waals surface area contributed by atoms with Crippen LogP contribution in [0, 0.1) is 13.8 Å². The van der Waals surface area contributed by atoms with Gasteiger partial charge in [0.25, 0.3) is 0 Å². The first-order valence-electron chi connectivity index (χ1n) is 9.08. The van der Waals surface area contributed by atoms with Crippen molar-refractivity contribution in [1.82, 2.24) is 4.90 Å². The molecule has 1 saturated heterocycles. The molecule has 1 aliphatic heterocycles. The van der Waals surface area contributed by atoms with Gasteiger partial charge in [0.1, 0.15) is 11.8 Å². The smallest absolute Gasteiger partial charge is 0.322 e. The van der Waals surface area contributed by atoms with Crippen LogP contribution in [0.5, 0.6) is 5.75 Å². The number of aryl methyl sites for hydroxylation is 1. The van der Waals surface area contributed by atoms with Crippen LogP contribution >= 0.6 is 0 Å². The van der Waals surface area contributed by atoms with Crippen molar-refractivity contribution in [2.75, 3.05) is 24.3 Å². The molecule has 3 amide bonds. The highest BCUT2D eigenvalue weighted by Crippen LogP contribution is 2.23. The van der Waals surface area contributed by atoms with Gasteiger partial charge >= 0.3 is 6.03 Å². The third-order valence-corrected chi connectivity index (χ3v) is 5.02. The van der Waals surface area contributed by atoms with Gasteiger partial charge in [0.2, 0.25) is 5.91 Å². The second-order valence-electron chi connectivity index (χ2n) is 6.75. The van der Waals surface area contributed by atoms with Crippen LogP contribution in [0.2, 0.25) is 0 Å². The highest BCUT2D eigenvalue weighted by molar-refractivity contribution is 6.00. The van der Waals surface area contributed by atoms with Crippen LogP contribution in [-0.4, -0.2) is 36.5 Å². The number of ether oxygens (including phenoxy) is 1. The molecular weight excluding hydrogens is 342 g/mol. The van der Waals surface area contributed by atoms with Crippen molar-refractivity contribution in [2.24, 2.45) is 0 Å². The zero-order chi connectivity index (χ0) is 19.4. The minimum Gasteiger partial charge on any atom is -0.497 e. The molecule has 2 aromatic rings. The molecule has 1 atom stereocenters. The van der Waals surface area contributed by atoms with Crippen molar-refractivity contribution in [2.45, 2.75) is 32.7 Å². The summed E-state index contributed by atoms with van der Waals surface area (Å²) in [6, 6.07) is 12.2. The molecule has 1 heterocycles. The number of anilines is 2. The van der Waals surface area contributed by atoms with Crippen molar-refractivity contribution in [1.29, 1.82) is 0 Å². The Bertz CT molecular complexity index is 833. The number of rotatable bonds is 4. The fourth-order valence-corrected chi connectivity index (χ4v) is 3.25. The Labute approximate surface area is 159 Å². The molecular formula is C21H25N3O3. The van der Waals surface area contributed by atoms with Crippen molar-refractivity contribution in [3.63, 3.8) is 0 Å². The molecule has 0 bridgehead atoms. The monoisotopic (exact) mass is 367 g/mol. The first-order chi connectivity index (χ1) is 13.0. The molecule has 0 spiro atoms. The van der Waals surface area contributed by atoms with Gasteiger partial charge in [-0.25, -0.2) is 4.79 Å². The van der Waals surface area contributed by atoms with E-state index in [0.29, 0.717) is 18.7 Å². The molecule has 2 aromatic carbocycles. The molecule has 0 radical (unpaired) electrons. The Kier molecular flexibility index (Phi) is 5.64. The van der Waals surface area contributed by atoms with Crippen molar-refractivity contribution < 1.29 is 14.3 Å². The van der Waals surface area contributed by atoms with Crippen LogP contribution in [0.1, 0.15) is 24.0 Å². The number of benzene rings is 2. The van der Waals surface area contributed by atoms with E-state index in [1.165, 1.54) is 0 Å². The van der Waals surface area contributed by atoms with Gasteiger partial charge in [-0.3, -0.25) is 4.79 Å². The number of carbonyl (C=O) groups is 2. The SMILES string of the molecule is COc1ccc(NC(=O)N2CCC[C@@H]2C(=O)Nc2cccc(C)c2C)cc1. The number of nitrogens with zero attached hydrogens (tertiary/aromatic N) is 1. The lowest BCUT2D eigenvalue weighted by Crippen LogP contribution is -2.45. The summed E-state index contributed by atoms with van der Waals surface area (Å²) in [5, 5.41) is 5.84. The summed E-state index contributed by atoms with van der Waals surface area (Å²) in [6.07, 6.45) is 1.47. The zero-order valence-electron chi connectivity index (χ0n) is 15.9. The van der Waals surface area contributed by atoms with Gasteiger partial charge in [-0.05, 0) is 68.1 Å². The van der Waals surface area contributed by atoms with Crippen molar-refractivity contribution in [3.8, 4) is 5.75 Å². The quantitative estimate of drug-likeness (QED) is 0.860. The van der Waals surface area contributed by atoms with E-state index in [4.69, 9.17) is 4.74 Å². The lowest BCUT2D eigenvalue weighted by Gasteiger charge is -2.24. The number of hydrogen-bond donors (Lipinski definition) is 2. The Morgan fingerprint density at radius 2 is 1.81 bits per heavy atom. The number of hydrogen-bond acceptors (Lipinski definition) is 3. The number of urea groups is 1. The topological polar surface area (TPSA) is 70.7 Å². The second kappa shape index (κ2) is 8.12. The maximum Gasteiger partial charge on any atom is 0.322 e. The predicted molar refractivity (Wildman–Crippen MR) is 106 cm³/mol. The molecule has 2 N–H and O–H groups in total. The van der Waals surface area contributed by atoms with Crippen LogP contribution in [0.3, 0.4) is 0 Å². The molecule has 0 saturated carbocycles. The third-order valence-electron chi connectivity index (χ3n) is 5.02. The molecule has 6 heteroatoms. The summed E-state index contributed by atoms with van der Waals surface area (Å²) in [4.78, 5) is 27.0. The summed E-state index contributed by atoms with van der Waals surface area (Å²) in [6.45, 7) is 4.55. The number of likely N-dealkylation sites (tertiary alicyclic amines) is 1. The van der Waals surface area contributed by atoms with Gasteiger partial charge in [-0.15, -0.1) is 0 Å². The van der Waals surface area contributed by atoms with Gasteiger partial charge in [0.15, 0.2) is 0 Å². The van der Waals surface area contributed by atoms with Gasteiger partial charge in [-0.2, -0.15) is 0 Å². The van der Waals surface area contributed by atoms with E-state index in [1.54, 1.807) is 36.3 Å². The molecule has 3 rings (SSSR count). The summed E-state index contributed by atoms with van der Waals surface area (Å²) >= 11 is 0. The van der Waals surface area contributed by atoms with Crippen LogP contribution < -0.4 is 15.4 Å². The summed E-state index contributed by atoms with van der Waals surface area (Å²) in [5.41, 5.74) is 3.62. The summed E-state index contributed by atoms with van der Waals surface area (Å²) in [5.74, 6) is 0.575. The Morgan fingerprint density at radius 3 is 2.52 bits per heavy atom. The van der Waals surface area contributed by atoms with E-state index < -0.39 is 6.04 Å². The van der Waals surface area contributed by atoms with Gasteiger partial charge in [0.05, 0.1) is 7.11 Å². The van der Waals surface area contributed by atoms with E-state index in [-0.39, 0.29) is 11.9 Å². The summed E-state index contributed by atoms with van der Waals surface area (Å²) < 4.78 is 5.12. The molecule has 1 aliphatic rings. The molecule has 27 heavy (non-hydrogen) atoms. The van der Waals surface area contributed by atoms with E-state index in [2.05, 4.69) is 10.6 Å². The van der Waals surface area contributed by atoms with E-state index in [9.17, 15) is 9.59 Å². The maximum atomic E-state index is 12.8. The number of methoxy groups -OCH3 is 1. The lowest BCUT2D eigenvalue weighted by atomic mass is 10.1. The Balaban J connectivity index is 1.67. The average molecular weight is 367 g/mol. The van der Waals surface area contributed by atoms with E-state index >= 15 is 0 Å². The van der Waals surface area contributed by atoms with Crippen LogP contribution in [0.4, 0.5) is 16.2 Å². The molecule has 0 aliphatic carbocycles. The van der Waals surface area contributed by atoms with Crippen molar-refractivity contribution in [3.05, 3.63) is 53.6 Å². The summed E-state index contributed by atoms with van der Waals surface area (Å²) in [7, 11) is 1.59. The number of amides is 3. The Hall–Kier alpha value is -3.02. The highest BCUT2D eigenvalue weighted by atomic mass is 16.5. The molecule has 142 valence electrons. The van der Waals surface area contributed by atoms with Gasteiger partial charge in [0, 0.05) is 17.9 Å². The van der Waals surface area contributed by atoms with Gasteiger partial charge in [-0.1, -0.05) is 12.1 Å². The van der Waals surface area contributed by atoms with Gasteiger partial charge < -0.3 is 20.3 Å². The Morgan fingerprint density at radius 1 is 1.07 bits per heavy atom. The number of carbonyl (C=O) groups excluding carboxylic acids is 2. The third kappa shape index (κ3) is 4.22. The molecule has 0 aromatic heterocycles. The fraction of sp³-hybridized carbons (Fsp3) is 0.333. The largest absolute Gasteiger partial charge is 0.497 e. The maximum absolute atomic E-state index is 12.8. The van der Waals surface area contributed by atoms with Crippen LogP contribution in [0.25, 0.3) is 0 Å². The van der Waals surface area contributed by atoms with Crippen LogP contribution in [0.15, 0.2) is 42.5 Å². The first kappa shape index (κ1) is 18.8. The first-order valence-corrected chi connectivity index (χ1v) is 9.08. The standard InChI is InChI=1S/C21H25N3O3/c1-14-6-4-7-18(15(14)2)23-20(25)19-8-5-13-24(19)21(26)22-16-9-11-17(27-3)12-10-16/h4,6-7,9-12,19H,5,8,13H2,1-3H3,(H,22,26)(H,23,25)/t19-/m1/s1. The zero-order valence-corrected chi connectivity index (χ0v) is 15.9. The highest BCUT2D eigenvalue weighted by Gasteiger charge is 2.34. The lowest BCUT2D eigenvalue weighted by molar-refractivity contribution is -0.119. The minimum atomic E-state index is -0.469. The molecule has 6 nitrogen and oxygen atoms in total. The minimum absolute atomic E-state index is 0.147.